The van der Waals surface area contributed by atoms with Crippen LogP contribution in [0.4, 0.5) is 0 Å². The zero-order valence-electron chi connectivity index (χ0n) is 14.1. The molecule has 1 heterocycles. The van der Waals surface area contributed by atoms with E-state index in [0.29, 0.717) is 33.3 Å². The van der Waals surface area contributed by atoms with E-state index in [9.17, 15) is 9.59 Å². The van der Waals surface area contributed by atoms with Crippen molar-refractivity contribution >= 4 is 27.9 Å². The highest BCUT2D eigenvalue weighted by atomic mass is 16.5. The van der Waals surface area contributed by atoms with Crippen LogP contribution in [0, 0.1) is 13.8 Å². The van der Waals surface area contributed by atoms with E-state index >= 15 is 0 Å². The van der Waals surface area contributed by atoms with Gasteiger partial charge in [-0.25, -0.2) is 0 Å². The molecule has 3 aromatic rings. The molecule has 0 N–H and O–H groups in total. The second kappa shape index (κ2) is 6.00. The summed E-state index contributed by atoms with van der Waals surface area (Å²) in [5.41, 5.74) is 3.09. The number of esters is 1. The van der Waals surface area contributed by atoms with Gasteiger partial charge in [0.1, 0.15) is 28.9 Å². The lowest BCUT2D eigenvalue weighted by Crippen LogP contribution is -2.09. The van der Waals surface area contributed by atoms with Crippen LogP contribution in [0.5, 0.6) is 5.75 Å². The monoisotopic (exact) mass is 326 g/mol. The largest absolute Gasteiger partial charge is 0.496 e. The van der Waals surface area contributed by atoms with Crippen molar-refractivity contribution in [2.45, 2.75) is 27.4 Å². The fourth-order valence-corrected chi connectivity index (χ4v) is 2.89. The molecule has 1 aromatic heterocycles. The van der Waals surface area contributed by atoms with Gasteiger partial charge in [-0.3, -0.25) is 9.59 Å². The van der Waals surface area contributed by atoms with Crippen molar-refractivity contribution in [2.24, 2.45) is 0 Å². The molecule has 0 aliphatic rings. The van der Waals surface area contributed by atoms with E-state index in [4.69, 9.17) is 13.9 Å². The molecule has 0 aliphatic heterocycles. The molecule has 0 atom stereocenters. The predicted molar refractivity (Wildman–Crippen MR) is 91.5 cm³/mol. The van der Waals surface area contributed by atoms with Crippen molar-refractivity contribution in [2.75, 3.05) is 7.11 Å². The third-order valence-corrected chi connectivity index (χ3v) is 4.11. The molecule has 0 fully saturated rings. The second-order valence-electron chi connectivity index (χ2n) is 5.74. The Kier molecular flexibility index (Phi) is 4.01. The Morgan fingerprint density at radius 2 is 1.92 bits per heavy atom. The molecule has 24 heavy (non-hydrogen) atoms. The summed E-state index contributed by atoms with van der Waals surface area (Å²) in [5, 5.41) is 0.901. The Bertz CT molecular complexity index is 1010. The molecular weight excluding hydrogens is 308 g/mol. The van der Waals surface area contributed by atoms with Crippen LogP contribution in [-0.2, 0) is 16.1 Å². The normalized spacial score (nSPS) is 11.0. The number of hydrogen-bond donors (Lipinski definition) is 0. The standard InChI is InChI=1S/C19H18O5/c1-10-6-5-7-14-16(10)18(21)17-15(22-4)8-11(2)13(19(17)24-14)9-23-12(3)20/h5-8H,9H2,1-4H3. The second-order valence-corrected chi connectivity index (χ2v) is 5.74. The predicted octanol–water partition coefficient (Wildman–Crippen LogP) is 3.63. The summed E-state index contributed by atoms with van der Waals surface area (Å²) in [4.78, 5) is 24.2. The summed E-state index contributed by atoms with van der Waals surface area (Å²) in [6, 6.07) is 7.23. The van der Waals surface area contributed by atoms with Crippen LogP contribution in [0.3, 0.4) is 0 Å². The maximum absolute atomic E-state index is 13.0. The quantitative estimate of drug-likeness (QED) is 0.543. The van der Waals surface area contributed by atoms with Gasteiger partial charge >= 0.3 is 5.97 Å². The third-order valence-electron chi connectivity index (χ3n) is 4.11. The minimum atomic E-state index is -0.391. The first-order valence-corrected chi connectivity index (χ1v) is 7.60. The van der Waals surface area contributed by atoms with Crippen LogP contribution in [0.25, 0.3) is 21.9 Å². The van der Waals surface area contributed by atoms with Gasteiger partial charge < -0.3 is 13.9 Å². The number of fused-ring (bicyclic) bond motifs is 2. The maximum atomic E-state index is 13.0. The Morgan fingerprint density at radius 3 is 2.58 bits per heavy atom. The van der Waals surface area contributed by atoms with Crippen molar-refractivity contribution in [1.82, 2.24) is 0 Å². The van der Waals surface area contributed by atoms with Crippen LogP contribution >= 0.6 is 0 Å². The van der Waals surface area contributed by atoms with Gasteiger partial charge in [0.15, 0.2) is 0 Å². The Hall–Kier alpha value is -2.82. The molecule has 2 aromatic carbocycles. The SMILES string of the molecule is COc1cc(C)c(COC(C)=O)c2oc3cccc(C)c3c(=O)c12. The fraction of sp³-hybridized carbons (Fsp3) is 0.263. The lowest BCUT2D eigenvalue weighted by atomic mass is 10.0. The van der Waals surface area contributed by atoms with Gasteiger partial charge in [0.2, 0.25) is 5.43 Å². The maximum Gasteiger partial charge on any atom is 0.302 e. The molecule has 0 unspecified atom stereocenters. The minimum absolute atomic E-state index is 0.0436. The van der Waals surface area contributed by atoms with Gasteiger partial charge in [-0.05, 0) is 37.1 Å². The number of methoxy groups -OCH3 is 1. The summed E-state index contributed by atoms with van der Waals surface area (Å²) in [6.07, 6.45) is 0. The Morgan fingerprint density at radius 1 is 1.17 bits per heavy atom. The lowest BCUT2D eigenvalue weighted by molar-refractivity contribution is -0.142. The van der Waals surface area contributed by atoms with E-state index in [1.165, 1.54) is 14.0 Å². The number of carbonyl (C=O) groups is 1. The van der Waals surface area contributed by atoms with E-state index in [-0.39, 0.29) is 12.0 Å². The number of ether oxygens (including phenoxy) is 2. The van der Waals surface area contributed by atoms with Crippen LogP contribution in [0.15, 0.2) is 33.5 Å². The van der Waals surface area contributed by atoms with Crippen molar-refractivity contribution in [3.63, 3.8) is 0 Å². The molecule has 0 saturated heterocycles. The van der Waals surface area contributed by atoms with Crippen molar-refractivity contribution < 1.29 is 18.7 Å². The molecule has 5 nitrogen and oxygen atoms in total. The number of hydrogen-bond acceptors (Lipinski definition) is 5. The molecule has 0 bridgehead atoms. The molecule has 0 spiro atoms. The smallest absolute Gasteiger partial charge is 0.302 e. The first-order chi connectivity index (χ1) is 11.4. The van der Waals surface area contributed by atoms with Gasteiger partial charge in [0.25, 0.3) is 0 Å². The first-order valence-electron chi connectivity index (χ1n) is 7.60. The van der Waals surface area contributed by atoms with Gasteiger partial charge in [0, 0.05) is 12.5 Å². The van der Waals surface area contributed by atoms with E-state index in [1.807, 2.05) is 26.0 Å². The topological polar surface area (TPSA) is 65.7 Å². The van der Waals surface area contributed by atoms with Crippen LogP contribution in [0.1, 0.15) is 23.6 Å². The summed E-state index contributed by atoms with van der Waals surface area (Å²) < 4.78 is 16.5. The number of benzene rings is 2. The van der Waals surface area contributed by atoms with Gasteiger partial charge in [-0.2, -0.15) is 0 Å². The average Bonchev–Trinajstić information content (AvgIpc) is 2.53. The van der Waals surface area contributed by atoms with E-state index in [0.717, 1.165) is 11.1 Å². The fourth-order valence-electron chi connectivity index (χ4n) is 2.89. The van der Waals surface area contributed by atoms with Gasteiger partial charge in [0.05, 0.1) is 12.5 Å². The average molecular weight is 326 g/mol. The third kappa shape index (κ3) is 2.52. The highest BCUT2D eigenvalue weighted by Gasteiger charge is 2.19. The highest BCUT2D eigenvalue weighted by molar-refractivity contribution is 5.96. The molecular formula is C19H18O5. The minimum Gasteiger partial charge on any atom is -0.496 e. The number of rotatable bonds is 3. The van der Waals surface area contributed by atoms with Crippen LogP contribution in [-0.4, -0.2) is 13.1 Å². The Labute approximate surface area is 138 Å². The van der Waals surface area contributed by atoms with Crippen LogP contribution < -0.4 is 10.2 Å². The van der Waals surface area contributed by atoms with Gasteiger partial charge in [-0.1, -0.05) is 12.1 Å². The number of carbonyl (C=O) groups excluding carboxylic acids is 1. The zero-order chi connectivity index (χ0) is 17.4. The van der Waals surface area contributed by atoms with Crippen molar-refractivity contribution in [3.8, 4) is 5.75 Å². The summed E-state index contributed by atoms with van der Waals surface area (Å²) in [6.45, 7) is 5.12. The van der Waals surface area contributed by atoms with Crippen molar-refractivity contribution in [1.29, 1.82) is 0 Å². The molecule has 0 saturated carbocycles. The Balaban J connectivity index is 2.46. The summed E-state index contributed by atoms with van der Waals surface area (Å²) in [5.74, 6) is 0.0605. The zero-order valence-corrected chi connectivity index (χ0v) is 14.1. The van der Waals surface area contributed by atoms with E-state index in [2.05, 4.69) is 0 Å². The van der Waals surface area contributed by atoms with Crippen LogP contribution in [0.2, 0.25) is 0 Å². The summed E-state index contributed by atoms with van der Waals surface area (Å²) in [7, 11) is 1.52. The summed E-state index contributed by atoms with van der Waals surface area (Å²) >= 11 is 0. The first kappa shape index (κ1) is 16.1. The molecule has 5 heteroatoms. The lowest BCUT2D eigenvalue weighted by Gasteiger charge is -2.14. The molecule has 0 aliphatic carbocycles. The van der Waals surface area contributed by atoms with Gasteiger partial charge in [-0.15, -0.1) is 0 Å². The van der Waals surface area contributed by atoms with E-state index < -0.39 is 5.97 Å². The highest BCUT2D eigenvalue weighted by Crippen LogP contribution is 2.32. The number of aryl methyl sites for hydroxylation is 2. The molecule has 3 rings (SSSR count). The molecule has 0 radical (unpaired) electrons. The van der Waals surface area contributed by atoms with E-state index in [1.54, 1.807) is 12.1 Å². The molecule has 0 amide bonds. The molecule has 124 valence electrons. The van der Waals surface area contributed by atoms with Crippen molar-refractivity contribution in [3.05, 3.63) is 51.2 Å².